The Morgan fingerprint density at radius 1 is 1.10 bits per heavy atom. The van der Waals surface area contributed by atoms with Crippen LogP contribution in [0.1, 0.15) is 35.9 Å². The topological polar surface area (TPSA) is 103 Å². The SMILES string of the molecule is CC(C)c1cc(C(=O)Nc2cccc(-n3cnnn3)c2)nn1-c1nc2ccccc2s1. The normalized spacial score (nSPS) is 11.3. The summed E-state index contributed by atoms with van der Waals surface area (Å²) in [7, 11) is 0. The van der Waals surface area contributed by atoms with Crippen LogP contribution in [0.2, 0.25) is 0 Å². The zero-order valence-electron chi connectivity index (χ0n) is 16.8. The Hall–Kier alpha value is -3.92. The van der Waals surface area contributed by atoms with Crippen LogP contribution >= 0.6 is 11.3 Å². The van der Waals surface area contributed by atoms with Crippen LogP contribution in [0.25, 0.3) is 21.0 Å². The molecule has 10 heteroatoms. The molecule has 0 saturated carbocycles. The molecule has 0 unspecified atom stereocenters. The minimum absolute atomic E-state index is 0.171. The van der Waals surface area contributed by atoms with Gasteiger partial charge in [0.1, 0.15) is 6.33 Å². The molecule has 1 N–H and O–H groups in total. The largest absolute Gasteiger partial charge is 0.321 e. The lowest BCUT2D eigenvalue weighted by Gasteiger charge is -2.06. The number of rotatable bonds is 5. The van der Waals surface area contributed by atoms with E-state index in [1.54, 1.807) is 28.2 Å². The van der Waals surface area contributed by atoms with Gasteiger partial charge in [-0.1, -0.05) is 43.4 Å². The lowest BCUT2D eigenvalue weighted by molar-refractivity contribution is 0.102. The molecular formula is C21H18N8OS. The molecule has 0 fully saturated rings. The summed E-state index contributed by atoms with van der Waals surface area (Å²) >= 11 is 1.55. The van der Waals surface area contributed by atoms with Gasteiger partial charge in [0.05, 0.1) is 21.6 Å². The van der Waals surface area contributed by atoms with Crippen molar-refractivity contribution in [2.45, 2.75) is 19.8 Å². The Labute approximate surface area is 181 Å². The maximum atomic E-state index is 13.0. The summed E-state index contributed by atoms with van der Waals surface area (Å²) in [5, 5.41) is 19.4. The van der Waals surface area contributed by atoms with E-state index >= 15 is 0 Å². The molecule has 3 aromatic heterocycles. The van der Waals surface area contributed by atoms with Gasteiger partial charge in [0.15, 0.2) is 5.69 Å². The first-order valence-electron chi connectivity index (χ1n) is 9.69. The zero-order valence-corrected chi connectivity index (χ0v) is 17.6. The van der Waals surface area contributed by atoms with Crippen molar-refractivity contribution in [2.75, 3.05) is 5.32 Å². The lowest BCUT2D eigenvalue weighted by Crippen LogP contribution is -2.13. The summed E-state index contributed by atoms with van der Waals surface area (Å²) in [5.74, 6) is -0.125. The van der Waals surface area contributed by atoms with E-state index in [2.05, 4.69) is 44.8 Å². The fourth-order valence-corrected chi connectivity index (χ4v) is 4.16. The Bertz CT molecular complexity index is 1340. The van der Waals surface area contributed by atoms with E-state index in [4.69, 9.17) is 0 Å². The van der Waals surface area contributed by atoms with Crippen molar-refractivity contribution in [1.29, 1.82) is 0 Å². The summed E-state index contributed by atoms with van der Waals surface area (Å²) in [6, 6.07) is 17.0. The van der Waals surface area contributed by atoms with Crippen LogP contribution in [-0.4, -0.2) is 40.9 Å². The first-order valence-corrected chi connectivity index (χ1v) is 10.5. The first kappa shape index (κ1) is 19.1. The van der Waals surface area contributed by atoms with Gasteiger partial charge < -0.3 is 5.32 Å². The molecule has 0 saturated heterocycles. The van der Waals surface area contributed by atoms with Gasteiger partial charge in [-0.05, 0) is 52.7 Å². The van der Waals surface area contributed by atoms with Gasteiger partial charge in [0.25, 0.3) is 5.91 Å². The predicted octanol–water partition coefficient (Wildman–Crippen LogP) is 3.83. The highest BCUT2D eigenvalue weighted by atomic mass is 32.1. The number of benzene rings is 2. The van der Waals surface area contributed by atoms with E-state index in [1.165, 1.54) is 11.0 Å². The summed E-state index contributed by atoms with van der Waals surface area (Å²) in [4.78, 5) is 17.6. The zero-order chi connectivity index (χ0) is 21.4. The van der Waals surface area contributed by atoms with Crippen LogP contribution in [0.15, 0.2) is 60.9 Å². The van der Waals surface area contributed by atoms with Crippen LogP contribution in [-0.2, 0) is 0 Å². The molecule has 1 amide bonds. The third-order valence-corrected chi connectivity index (χ3v) is 5.75. The van der Waals surface area contributed by atoms with Crippen molar-refractivity contribution >= 4 is 33.1 Å². The molecule has 3 heterocycles. The summed E-state index contributed by atoms with van der Waals surface area (Å²) in [6.07, 6.45) is 1.50. The number of amides is 1. The van der Waals surface area contributed by atoms with E-state index in [9.17, 15) is 4.79 Å². The van der Waals surface area contributed by atoms with Crippen molar-refractivity contribution in [3.8, 4) is 10.8 Å². The second-order valence-corrected chi connectivity index (χ2v) is 8.25. The number of carbonyl (C=O) groups is 1. The molecule has 0 aliphatic rings. The average molecular weight is 430 g/mol. The highest BCUT2D eigenvalue weighted by Crippen LogP contribution is 2.28. The van der Waals surface area contributed by atoms with Crippen molar-refractivity contribution in [2.24, 2.45) is 0 Å². The van der Waals surface area contributed by atoms with E-state index in [1.807, 2.05) is 42.5 Å². The number of nitrogens with one attached hydrogen (secondary N) is 1. The van der Waals surface area contributed by atoms with Gasteiger partial charge >= 0.3 is 0 Å². The maximum absolute atomic E-state index is 13.0. The van der Waals surface area contributed by atoms with Crippen LogP contribution in [0.5, 0.6) is 0 Å². The van der Waals surface area contributed by atoms with Crippen LogP contribution < -0.4 is 5.32 Å². The Morgan fingerprint density at radius 2 is 1.97 bits per heavy atom. The van der Waals surface area contributed by atoms with Crippen LogP contribution in [0.4, 0.5) is 5.69 Å². The van der Waals surface area contributed by atoms with E-state index in [-0.39, 0.29) is 11.8 Å². The van der Waals surface area contributed by atoms with Gasteiger partial charge in [-0.3, -0.25) is 4.79 Å². The van der Waals surface area contributed by atoms with Crippen molar-refractivity contribution in [3.05, 3.63) is 72.3 Å². The standard InChI is InChI=1S/C21H18N8OS/c1-13(2)18-11-17(25-29(18)21-24-16-8-3-4-9-19(16)31-21)20(30)23-14-6-5-7-15(10-14)28-12-22-26-27-28/h3-13H,1-2H3,(H,23,30). The molecule has 0 aliphatic heterocycles. The number of carbonyl (C=O) groups excluding carboxylic acids is 1. The third-order valence-electron chi connectivity index (χ3n) is 4.74. The van der Waals surface area contributed by atoms with Gasteiger partial charge in [-0.2, -0.15) is 5.10 Å². The molecular weight excluding hydrogens is 412 g/mol. The number of hydrogen-bond acceptors (Lipinski definition) is 7. The van der Waals surface area contributed by atoms with Crippen molar-refractivity contribution in [1.82, 2.24) is 35.0 Å². The molecule has 31 heavy (non-hydrogen) atoms. The molecule has 2 aromatic carbocycles. The molecule has 0 aliphatic carbocycles. The number of aromatic nitrogens is 7. The summed E-state index contributed by atoms with van der Waals surface area (Å²) in [6.45, 7) is 4.14. The average Bonchev–Trinajstić information content (AvgIpc) is 3.52. The first-order chi connectivity index (χ1) is 15.1. The third kappa shape index (κ3) is 3.68. The molecule has 5 rings (SSSR count). The van der Waals surface area contributed by atoms with E-state index in [0.717, 1.165) is 26.7 Å². The minimum Gasteiger partial charge on any atom is -0.321 e. The number of hydrogen-bond donors (Lipinski definition) is 1. The number of fused-ring (bicyclic) bond motifs is 1. The summed E-state index contributed by atoms with van der Waals surface area (Å²) < 4.78 is 4.36. The van der Waals surface area contributed by atoms with Gasteiger partial charge in [0, 0.05) is 5.69 Å². The van der Waals surface area contributed by atoms with Gasteiger partial charge in [-0.25, -0.2) is 14.3 Å². The van der Waals surface area contributed by atoms with Gasteiger partial charge in [-0.15, -0.1) is 5.10 Å². The number of para-hydroxylation sites is 1. The molecule has 5 aromatic rings. The summed E-state index contributed by atoms with van der Waals surface area (Å²) in [5.41, 5.74) is 3.53. The number of nitrogens with zero attached hydrogens (tertiary/aromatic N) is 7. The molecule has 0 atom stereocenters. The highest BCUT2D eigenvalue weighted by molar-refractivity contribution is 7.20. The van der Waals surface area contributed by atoms with Crippen molar-refractivity contribution < 1.29 is 4.79 Å². The fourth-order valence-electron chi connectivity index (χ4n) is 3.22. The number of thiazole rings is 1. The smallest absolute Gasteiger partial charge is 0.276 e. The second kappa shape index (κ2) is 7.73. The highest BCUT2D eigenvalue weighted by Gasteiger charge is 2.20. The molecule has 0 bridgehead atoms. The van der Waals surface area contributed by atoms with E-state index < -0.39 is 0 Å². The van der Waals surface area contributed by atoms with E-state index in [0.29, 0.717) is 11.4 Å². The number of tetrazole rings is 1. The lowest BCUT2D eigenvalue weighted by atomic mass is 10.1. The second-order valence-electron chi connectivity index (χ2n) is 7.24. The fraction of sp³-hybridized carbons (Fsp3) is 0.143. The van der Waals surface area contributed by atoms with Crippen LogP contribution in [0.3, 0.4) is 0 Å². The maximum Gasteiger partial charge on any atom is 0.276 e. The number of anilines is 1. The predicted molar refractivity (Wildman–Crippen MR) is 118 cm³/mol. The monoisotopic (exact) mass is 430 g/mol. The quantitative estimate of drug-likeness (QED) is 0.454. The minimum atomic E-state index is -0.296. The molecule has 154 valence electrons. The Balaban J connectivity index is 1.46. The van der Waals surface area contributed by atoms with Gasteiger partial charge in [0.2, 0.25) is 5.13 Å². The Kier molecular flexibility index (Phi) is 4.75. The Morgan fingerprint density at radius 3 is 2.74 bits per heavy atom. The van der Waals surface area contributed by atoms with Crippen LogP contribution in [0, 0.1) is 0 Å². The molecule has 0 spiro atoms. The molecule has 9 nitrogen and oxygen atoms in total. The molecule has 0 radical (unpaired) electrons. The van der Waals surface area contributed by atoms with Crippen molar-refractivity contribution in [3.63, 3.8) is 0 Å².